The fourth-order valence-electron chi connectivity index (χ4n) is 3.46. The van der Waals surface area contributed by atoms with E-state index in [1.165, 1.54) is 5.56 Å². The second kappa shape index (κ2) is 13.5. The number of hydrogen-bond acceptors (Lipinski definition) is 5. The Morgan fingerprint density at radius 3 is 2.87 bits per heavy atom. The van der Waals surface area contributed by atoms with Gasteiger partial charge in [0.25, 0.3) is 0 Å². The van der Waals surface area contributed by atoms with E-state index in [2.05, 4.69) is 61.4 Å². The van der Waals surface area contributed by atoms with Gasteiger partial charge in [0, 0.05) is 45.4 Å². The number of methoxy groups -OCH3 is 1. The van der Waals surface area contributed by atoms with Crippen molar-refractivity contribution < 1.29 is 14.2 Å². The van der Waals surface area contributed by atoms with Crippen molar-refractivity contribution in [2.45, 2.75) is 40.3 Å². The van der Waals surface area contributed by atoms with Crippen molar-refractivity contribution in [3.63, 3.8) is 0 Å². The number of ether oxygens (including phenoxy) is 3. The summed E-state index contributed by atoms with van der Waals surface area (Å²) in [4.78, 5) is 7.25. The third-order valence-corrected chi connectivity index (χ3v) is 4.86. The maximum absolute atomic E-state index is 5.95. The normalized spacial score (nSPS) is 17.9. The molecule has 0 spiro atoms. The van der Waals surface area contributed by atoms with Crippen molar-refractivity contribution in [1.82, 2.24) is 15.5 Å². The van der Waals surface area contributed by atoms with Crippen LogP contribution in [-0.2, 0) is 16.0 Å². The lowest BCUT2D eigenvalue weighted by Crippen LogP contribution is -2.50. The monoisotopic (exact) mass is 420 g/mol. The Labute approximate surface area is 182 Å². The van der Waals surface area contributed by atoms with E-state index in [4.69, 9.17) is 19.2 Å². The van der Waals surface area contributed by atoms with Crippen LogP contribution in [0.1, 0.15) is 31.9 Å². The molecule has 1 aliphatic heterocycles. The molecule has 1 heterocycles. The Balaban J connectivity index is 1.94. The van der Waals surface area contributed by atoms with Gasteiger partial charge >= 0.3 is 0 Å². The van der Waals surface area contributed by atoms with Gasteiger partial charge in [-0.3, -0.25) is 4.90 Å². The fourth-order valence-corrected chi connectivity index (χ4v) is 3.46. The minimum absolute atomic E-state index is 0.175. The minimum Gasteiger partial charge on any atom is -0.491 e. The number of nitrogens with zero attached hydrogens (tertiary/aromatic N) is 2. The number of benzene rings is 1. The molecule has 2 N–H and O–H groups in total. The smallest absolute Gasteiger partial charge is 0.191 e. The zero-order chi connectivity index (χ0) is 21.8. The van der Waals surface area contributed by atoms with Crippen LogP contribution in [0, 0.1) is 12.8 Å². The number of morpholine rings is 1. The minimum atomic E-state index is 0.175. The Kier molecular flexibility index (Phi) is 11.0. The van der Waals surface area contributed by atoms with E-state index in [1.807, 2.05) is 0 Å². The van der Waals surface area contributed by atoms with Crippen LogP contribution in [-0.4, -0.2) is 76.6 Å². The van der Waals surface area contributed by atoms with E-state index >= 15 is 0 Å². The molecule has 1 saturated heterocycles. The van der Waals surface area contributed by atoms with E-state index in [9.17, 15) is 0 Å². The van der Waals surface area contributed by atoms with Crippen molar-refractivity contribution in [2.24, 2.45) is 10.9 Å². The first-order valence-electron chi connectivity index (χ1n) is 11.1. The molecule has 0 radical (unpaired) electrons. The van der Waals surface area contributed by atoms with Crippen molar-refractivity contribution in [3.8, 4) is 5.75 Å². The van der Waals surface area contributed by atoms with Crippen molar-refractivity contribution >= 4 is 5.96 Å². The Morgan fingerprint density at radius 2 is 2.13 bits per heavy atom. The highest BCUT2D eigenvalue weighted by Gasteiger charge is 2.21. The van der Waals surface area contributed by atoms with Gasteiger partial charge in [-0.15, -0.1) is 0 Å². The van der Waals surface area contributed by atoms with Crippen molar-refractivity contribution in [3.05, 3.63) is 29.3 Å². The average molecular weight is 421 g/mol. The number of nitrogens with one attached hydrogen (secondary N) is 2. The van der Waals surface area contributed by atoms with Crippen LogP contribution in [0.4, 0.5) is 0 Å². The van der Waals surface area contributed by atoms with E-state index in [0.717, 1.165) is 56.6 Å². The van der Waals surface area contributed by atoms with Crippen LogP contribution in [0.15, 0.2) is 23.2 Å². The van der Waals surface area contributed by atoms with E-state index in [-0.39, 0.29) is 6.10 Å². The van der Waals surface area contributed by atoms with Crippen LogP contribution in [0.25, 0.3) is 0 Å². The molecule has 7 heteroatoms. The summed E-state index contributed by atoms with van der Waals surface area (Å²) in [5.74, 6) is 2.34. The summed E-state index contributed by atoms with van der Waals surface area (Å²) in [5, 5.41) is 6.77. The number of guanidine groups is 1. The third-order valence-electron chi connectivity index (χ3n) is 4.86. The van der Waals surface area contributed by atoms with E-state index < -0.39 is 0 Å². The molecule has 1 aliphatic rings. The SMILES string of the molecule is CCNC(=NCc1ccc(C)cc1OCCOC)NCC1CN(CC(C)C)CCO1. The molecule has 0 aromatic heterocycles. The predicted molar refractivity (Wildman–Crippen MR) is 122 cm³/mol. The Hall–Kier alpha value is -1.83. The highest BCUT2D eigenvalue weighted by Crippen LogP contribution is 2.21. The number of rotatable bonds is 11. The molecule has 0 amide bonds. The molecule has 1 unspecified atom stereocenters. The van der Waals surface area contributed by atoms with Gasteiger partial charge in [0.15, 0.2) is 5.96 Å². The lowest BCUT2D eigenvalue weighted by Gasteiger charge is -2.34. The summed E-state index contributed by atoms with van der Waals surface area (Å²) >= 11 is 0. The van der Waals surface area contributed by atoms with Gasteiger partial charge in [0.2, 0.25) is 0 Å². The van der Waals surface area contributed by atoms with Gasteiger partial charge in [-0.2, -0.15) is 0 Å². The molecular weight excluding hydrogens is 380 g/mol. The first-order valence-corrected chi connectivity index (χ1v) is 11.1. The number of aryl methyl sites for hydroxylation is 1. The summed E-state index contributed by atoms with van der Waals surface area (Å²) in [7, 11) is 1.68. The lowest BCUT2D eigenvalue weighted by molar-refractivity contribution is -0.0284. The van der Waals surface area contributed by atoms with Crippen LogP contribution < -0.4 is 15.4 Å². The molecular formula is C23H40N4O3. The summed E-state index contributed by atoms with van der Waals surface area (Å²) < 4.78 is 16.9. The van der Waals surface area contributed by atoms with Gasteiger partial charge in [0.1, 0.15) is 12.4 Å². The van der Waals surface area contributed by atoms with Gasteiger partial charge in [-0.1, -0.05) is 26.0 Å². The second-order valence-corrected chi connectivity index (χ2v) is 8.17. The molecule has 0 aliphatic carbocycles. The molecule has 1 fully saturated rings. The second-order valence-electron chi connectivity index (χ2n) is 8.17. The van der Waals surface area contributed by atoms with Crippen molar-refractivity contribution in [1.29, 1.82) is 0 Å². The first kappa shape index (κ1) is 24.4. The molecule has 1 atom stereocenters. The topological polar surface area (TPSA) is 67.4 Å². The maximum Gasteiger partial charge on any atom is 0.191 e. The zero-order valence-corrected chi connectivity index (χ0v) is 19.4. The van der Waals surface area contributed by atoms with Gasteiger partial charge in [-0.05, 0) is 31.4 Å². The average Bonchev–Trinajstić information content (AvgIpc) is 2.71. The van der Waals surface area contributed by atoms with Gasteiger partial charge < -0.3 is 24.8 Å². The quantitative estimate of drug-likeness (QED) is 0.326. The van der Waals surface area contributed by atoms with E-state index in [1.54, 1.807) is 7.11 Å². The fraction of sp³-hybridized carbons (Fsp3) is 0.696. The van der Waals surface area contributed by atoms with Gasteiger partial charge in [-0.25, -0.2) is 4.99 Å². The number of hydrogen-bond donors (Lipinski definition) is 2. The molecule has 30 heavy (non-hydrogen) atoms. The lowest BCUT2D eigenvalue weighted by atomic mass is 10.1. The standard InChI is InChI=1S/C23H40N4O3/c1-6-24-23(26-15-21-17-27(9-10-29-21)16-18(2)3)25-14-20-8-7-19(4)13-22(20)30-12-11-28-5/h7-8,13,18,21H,6,9-12,14-17H2,1-5H3,(H2,24,25,26). The first-order chi connectivity index (χ1) is 14.5. The third kappa shape index (κ3) is 8.90. The maximum atomic E-state index is 5.95. The molecule has 0 bridgehead atoms. The van der Waals surface area contributed by atoms with Crippen LogP contribution >= 0.6 is 0 Å². The summed E-state index contributed by atoms with van der Waals surface area (Å²) in [6.45, 7) is 15.7. The molecule has 7 nitrogen and oxygen atoms in total. The zero-order valence-electron chi connectivity index (χ0n) is 19.4. The highest BCUT2D eigenvalue weighted by molar-refractivity contribution is 5.79. The molecule has 1 aromatic rings. The number of aliphatic imine (C=N–C) groups is 1. The van der Waals surface area contributed by atoms with E-state index in [0.29, 0.717) is 25.7 Å². The van der Waals surface area contributed by atoms with Crippen molar-refractivity contribution in [2.75, 3.05) is 59.7 Å². The van der Waals surface area contributed by atoms with Gasteiger partial charge in [0.05, 0.1) is 25.9 Å². The summed E-state index contributed by atoms with van der Waals surface area (Å²) in [6.07, 6.45) is 0.175. The predicted octanol–water partition coefficient (Wildman–Crippen LogP) is 2.43. The molecule has 0 saturated carbocycles. The molecule has 1 aromatic carbocycles. The largest absolute Gasteiger partial charge is 0.491 e. The van der Waals surface area contributed by atoms with Crippen LogP contribution in [0.2, 0.25) is 0 Å². The molecule has 170 valence electrons. The van der Waals surface area contributed by atoms with Crippen LogP contribution in [0.5, 0.6) is 5.75 Å². The molecule has 2 rings (SSSR count). The summed E-state index contributed by atoms with van der Waals surface area (Å²) in [5.41, 5.74) is 2.23. The summed E-state index contributed by atoms with van der Waals surface area (Å²) in [6, 6.07) is 6.23. The highest BCUT2D eigenvalue weighted by atomic mass is 16.5. The Morgan fingerprint density at radius 1 is 1.30 bits per heavy atom. The van der Waals surface area contributed by atoms with Crippen LogP contribution in [0.3, 0.4) is 0 Å². The Bertz CT molecular complexity index is 651.